The lowest BCUT2D eigenvalue weighted by atomic mass is 9.98. The van der Waals surface area contributed by atoms with E-state index in [9.17, 15) is 14.4 Å². The first kappa shape index (κ1) is 24.0. The Hall–Kier alpha value is -4.13. The molecule has 0 heterocycles. The molecule has 0 saturated heterocycles. The van der Waals surface area contributed by atoms with E-state index in [1.165, 1.54) is 0 Å². The highest BCUT2D eigenvalue weighted by molar-refractivity contribution is 5.96. The Morgan fingerprint density at radius 2 is 1.60 bits per heavy atom. The van der Waals surface area contributed by atoms with Crippen molar-refractivity contribution < 1.29 is 24.2 Å². The number of anilines is 1. The van der Waals surface area contributed by atoms with Crippen LogP contribution in [0.5, 0.6) is 0 Å². The van der Waals surface area contributed by atoms with Crippen LogP contribution in [0.2, 0.25) is 0 Å². The minimum atomic E-state index is -0.906. The molecule has 1 aliphatic rings. The molecule has 0 aromatic heterocycles. The number of carboxylic acid groups (broad SMARTS) is 1. The highest BCUT2D eigenvalue weighted by atomic mass is 16.5. The summed E-state index contributed by atoms with van der Waals surface area (Å²) in [5.41, 5.74) is 6.21. The molecule has 1 atom stereocenters. The predicted molar refractivity (Wildman–Crippen MR) is 134 cm³/mol. The van der Waals surface area contributed by atoms with E-state index in [-0.39, 0.29) is 37.3 Å². The second-order valence-corrected chi connectivity index (χ2v) is 8.89. The third kappa shape index (κ3) is 5.51. The molecule has 3 aromatic carbocycles. The molecule has 0 aliphatic heterocycles. The smallest absolute Gasteiger partial charge is 0.411 e. The maximum absolute atomic E-state index is 12.7. The minimum absolute atomic E-state index is 0.0250. The lowest BCUT2D eigenvalue weighted by Crippen LogP contribution is -2.29. The zero-order valence-corrected chi connectivity index (χ0v) is 19.7. The Balaban J connectivity index is 1.39. The van der Waals surface area contributed by atoms with Gasteiger partial charge in [0.25, 0.3) is 5.91 Å². The number of carbonyl (C=O) groups is 3. The van der Waals surface area contributed by atoms with Crippen molar-refractivity contribution in [2.45, 2.75) is 26.2 Å². The van der Waals surface area contributed by atoms with Crippen LogP contribution in [-0.4, -0.2) is 36.2 Å². The standard InChI is InChI=1S/C28H28N2O5/c1-17(13-26(31)32)15-29-27(33)19-12-11-18(2)25(14-19)30-28(34)35-16-24-22-9-5-3-7-20(22)21-8-4-6-10-23(21)24/h3-12,14,17,24H,13,15-16H2,1-2H3,(H,29,33)(H,30,34)(H,31,32). The number of aryl methyl sites for hydroxylation is 1. The summed E-state index contributed by atoms with van der Waals surface area (Å²) in [5.74, 6) is -1.48. The van der Waals surface area contributed by atoms with Crippen molar-refractivity contribution in [2.24, 2.45) is 5.92 Å². The highest BCUT2D eigenvalue weighted by Crippen LogP contribution is 2.44. The molecule has 1 aliphatic carbocycles. The number of carbonyl (C=O) groups excluding carboxylic acids is 2. The quantitative estimate of drug-likeness (QED) is 0.418. The van der Waals surface area contributed by atoms with Crippen LogP contribution in [0.15, 0.2) is 66.7 Å². The maximum Gasteiger partial charge on any atom is 0.411 e. The zero-order chi connectivity index (χ0) is 24.9. The van der Waals surface area contributed by atoms with Crippen LogP contribution in [0, 0.1) is 12.8 Å². The Kier molecular flexibility index (Phi) is 7.15. The summed E-state index contributed by atoms with van der Waals surface area (Å²) in [5, 5.41) is 14.4. The van der Waals surface area contributed by atoms with Crippen molar-refractivity contribution in [3.63, 3.8) is 0 Å². The summed E-state index contributed by atoms with van der Waals surface area (Å²) in [6, 6.07) is 21.3. The molecule has 3 N–H and O–H groups in total. The second kappa shape index (κ2) is 10.4. The molecular weight excluding hydrogens is 444 g/mol. The van der Waals surface area contributed by atoms with Crippen LogP contribution in [-0.2, 0) is 9.53 Å². The van der Waals surface area contributed by atoms with Gasteiger partial charge in [-0.2, -0.15) is 0 Å². The molecule has 35 heavy (non-hydrogen) atoms. The molecular formula is C28H28N2O5. The first-order chi connectivity index (χ1) is 16.8. The van der Waals surface area contributed by atoms with Gasteiger partial charge in [0, 0.05) is 30.1 Å². The van der Waals surface area contributed by atoms with Gasteiger partial charge in [-0.1, -0.05) is 61.5 Å². The molecule has 2 amide bonds. The van der Waals surface area contributed by atoms with Gasteiger partial charge in [0.05, 0.1) is 0 Å². The van der Waals surface area contributed by atoms with Gasteiger partial charge in [0.2, 0.25) is 0 Å². The van der Waals surface area contributed by atoms with Gasteiger partial charge in [0.1, 0.15) is 6.61 Å². The van der Waals surface area contributed by atoms with E-state index in [2.05, 4.69) is 34.9 Å². The fourth-order valence-electron chi connectivity index (χ4n) is 4.38. The molecule has 0 bridgehead atoms. The molecule has 0 saturated carbocycles. The predicted octanol–water partition coefficient (Wildman–Crippen LogP) is 5.20. The van der Waals surface area contributed by atoms with E-state index in [0.717, 1.165) is 27.8 Å². The Bertz CT molecular complexity index is 1220. The molecule has 3 aromatic rings. The molecule has 0 radical (unpaired) electrons. The van der Waals surface area contributed by atoms with Crippen molar-refractivity contribution in [3.8, 4) is 11.1 Å². The number of ether oxygens (including phenoxy) is 1. The topological polar surface area (TPSA) is 105 Å². The molecule has 180 valence electrons. The van der Waals surface area contributed by atoms with Crippen LogP contribution in [0.3, 0.4) is 0 Å². The first-order valence-electron chi connectivity index (χ1n) is 11.6. The van der Waals surface area contributed by atoms with E-state index in [4.69, 9.17) is 9.84 Å². The summed E-state index contributed by atoms with van der Waals surface area (Å²) in [7, 11) is 0. The fourth-order valence-corrected chi connectivity index (χ4v) is 4.38. The average molecular weight is 473 g/mol. The number of amides is 2. The number of hydrogen-bond donors (Lipinski definition) is 3. The maximum atomic E-state index is 12.7. The van der Waals surface area contributed by atoms with Gasteiger partial charge in [-0.15, -0.1) is 0 Å². The third-order valence-electron chi connectivity index (χ3n) is 6.21. The van der Waals surface area contributed by atoms with E-state index < -0.39 is 12.1 Å². The molecule has 0 spiro atoms. The summed E-state index contributed by atoms with van der Waals surface area (Å²) < 4.78 is 5.61. The monoisotopic (exact) mass is 472 g/mol. The van der Waals surface area contributed by atoms with Crippen molar-refractivity contribution in [3.05, 3.63) is 89.0 Å². The summed E-state index contributed by atoms with van der Waals surface area (Å²) in [6.07, 6.45) is -0.620. The van der Waals surface area contributed by atoms with Crippen LogP contribution in [0.4, 0.5) is 10.5 Å². The number of nitrogens with one attached hydrogen (secondary N) is 2. The third-order valence-corrected chi connectivity index (χ3v) is 6.21. The number of benzene rings is 3. The number of rotatable bonds is 8. The average Bonchev–Trinajstić information content (AvgIpc) is 3.16. The van der Waals surface area contributed by atoms with E-state index in [0.29, 0.717) is 11.3 Å². The lowest BCUT2D eigenvalue weighted by Gasteiger charge is -2.16. The van der Waals surface area contributed by atoms with Crippen molar-refractivity contribution in [1.82, 2.24) is 5.32 Å². The molecule has 7 heteroatoms. The SMILES string of the molecule is Cc1ccc(C(=O)NCC(C)CC(=O)O)cc1NC(=O)OCC1c2ccccc2-c2ccccc21. The summed E-state index contributed by atoms with van der Waals surface area (Å²) in [6.45, 7) is 4.03. The van der Waals surface area contributed by atoms with Crippen LogP contribution in [0.25, 0.3) is 11.1 Å². The van der Waals surface area contributed by atoms with Gasteiger partial charge in [-0.3, -0.25) is 14.9 Å². The van der Waals surface area contributed by atoms with Gasteiger partial charge < -0.3 is 15.2 Å². The van der Waals surface area contributed by atoms with Crippen molar-refractivity contribution in [2.75, 3.05) is 18.5 Å². The molecule has 4 rings (SSSR count). The van der Waals surface area contributed by atoms with Gasteiger partial charge in [-0.25, -0.2) is 4.79 Å². The van der Waals surface area contributed by atoms with Gasteiger partial charge >= 0.3 is 12.1 Å². The van der Waals surface area contributed by atoms with Crippen LogP contribution >= 0.6 is 0 Å². The van der Waals surface area contributed by atoms with Crippen molar-refractivity contribution >= 4 is 23.7 Å². The van der Waals surface area contributed by atoms with E-state index >= 15 is 0 Å². The number of aliphatic carboxylic acids is 1. The van der Waals surface area contributed by atoms with E-state index in [1.807, 2.05) is 31.2 Å². The fraction of sp³-hybridized carbons (Fsp3) is 0.250. The lowest BCUT2D eigenvalue weighted by molar-refractivity contribution is -0.137. The Morgan fingerprint density at radius 3 is 2.23 bits per heavy atom. The number of fused-ring (bicyclic) bond motifs is 3. The minimum Gasteiger partial charge on any atom is -0.481 e. The number of carboxylic acids is 1. The van der Waals surface area contributed by atoms with E-state index in [1.54, 1.807) is 25.1 Å². The first-order valence-corrected chi connectivity index (χ1v) is 11.6. The molecule has 1 unspecified atom stereocenters. The molecule has 7 nitrogen and oxygen atoms in total. The second-order valence-electron chi connectivity index (χ2n) is 8.89. The summed E-state index contributed by atoms with van der Waals surface area (Å²) in [4.78, 5) is 36.0. The normalized spacial score (nSPS) is 12.9. The largest absolute Gasteiger partial charge is 0.481 e. The van der Waals surface area contributed by atoms with Gasteiger partial charge in [-0.05, 0) is 52.8 Å². The van der Waals surface area contributed by atoms with Gasteiger partial charge in [0.15, 0.2) is 0 Å². The van der Waals surface area contributed by atoms with Crippen LogP contribution < -0.4 is 10.6 Å². The Labute approximate surface area is 204 Å². The zero-order valence-electron chi connectivity index (χ0n) is 19.7. The van der Waals surface area contributed by atoms with Crippen molar-refractivity contribution in [1.29, 1.82) is 0 Å². The highest BCUT2D eigenvalue weighted by Gasteiger charge is 2.29. The number of hydrogen-bond acceptors (Lipinski definition) is 4. The molecule has 0 fully saturated rings. The summed E-state index contributed by atoms with van der Waals surface area (Å²) >= 11 is 0. The Morgan fingerprint density at radius 1 is 0.971 bits per heavy atom. The van der Waals surface area contributed by atoms with Crippen LogP contribution in [0.1, 0.15) is 46.3 Å².